The van der Waals surface area contributed by atoms with E-state index in [2.05, 4.69) is 30.7 Å². The number of aromatic nitrogens is 4. The zero-order chi connectivity index (χ0) is 23.5. The van der Waals surface area contributed by atoms with Gasteiger partial charge in [-0.2, -0.15) is 13.2 Å². The van der Waals surface area contributed by atoms with Gasteiger partial charge in [0, 0.05) is 17.8 Å². The van der Waals surface area contributed by atoms with Gasteiger partial charge in [0.15, 0.2) is 23.2 Å². The van der Waals surface area contributed by atoms with E-state index in [1.807, 2.05) is 0 Å². The van der Waals surface area contributed by atoms with Crippen LogP contribution in [0.15, 0.2) is 40.0 Å². The first-order chi connectivity index (χ1) is 15.0. The van der Waals surface area contributed by atoms with Gasteiger partial charge in [-0.05, 0) is 26.8 Å². The number of urea groups is 1. The van der Waals surface area contributed by atoms with Gasteiger partial charge in [0.05, 0.1) is 24.7 Å². The van der Waals surface area contributed by atoms with Crippen molar-refractivity contribution >= 4 is 17.5 Å². The highest BCUT2D eigenvalue weighted by atomic mass is 19.4. The molecule has 0 atom stereocenters. The van der Waals surface area contributed by atoms with Crippen LogP contribution >= 0.6 is 0 Å². The van der Waals surface area contributed by atoms with Gasteiger partial charge < -0.3 is 19.6 Å². The Hall–Kier alpha value is -3.90. The van der Waals surface area contributed by atoms with Crippen LogP contribution in [0.3, 0.4) is 0 Å². The lowest BCUT2D eigenvalue weighted by Crippen LogP contribution is -2.35. The number of anilines is 2. The van der Waals surface area contributed by atoms with Gasteiger partial charge in [-0.25, -0.2) is 14.8 Å². The van der Waals surface area contributed by atoms with Crippen LogP contribution < -0.4 is 20.9 Å². The molecule has 0 fully saturated rings. The SMILES string of the molecule is CCOc1cc(-c2ncc(NC(=O)Nc3cc(C(C)(C)C(F)(F)F)on3)cn2)c[nH]c1=O. The molecule has 0 unspecified atom stereocenters. The minimum Gasteiger partial charge on any atom is -0.488 e. The van der Waals surface area contributed by atoms with E-state index in [0.717, 1.165) is 19.9 Å². The number of halogens is 3. The first-order valence-corrected chi connectivity index (χ1v) is 9.31. The van der Waals surface area contributed by atoms with Crippen molar-refractivity contribution < 1.29 is 27.2 Å². The predicted octanol–water partition coefficient (Wildman–Crippen LogP) is 3.70. The average Bonchev–Trinajstić information content (AvgIpc) is 3.18. The zero-order valence-corrected chi connectivity index (χ0v) is 17.2. The highest BCUT2D eigenvalue weighted by molar-refractivity contribution is 5.98. The van der Waals surface area contributed by atoms with Crippen LogP contribution in [-0.2, 0) is 5.41 Å². The molecule has 0 aliphatic carbocycles. The summed E-state index contributed by atoms with van der Waals surface area (Å²) in [6.07, 6.45) is -0.506. The minimum atomic E-state index is -4.56. The first-order valence-electron chi connectivity index (χ1n) is 9.31. The topological polar surface area (TPSA) is 135 Å². The molecule has 3 aromatic rings. The number of hydrogen-bond donors (Lipinski definition) is 3. The molecule has 32 heavy (non-hydrogen) atoms. The number of pyridine rings is 1. The number of carbonyl (C=O) groups is 1. The van der Waals surface area contributed by atoms with Gasteiger partial charge >= 0.3 is 12.2 Å². The molecular formula is C19H19F3N6O4. The molecule has 0 aliphatic rings. The van der Waals surface area contributed by atoms with Crippen LogP contribution in [0.4, 0.5) is 29.5 Å². The molecule has 3 N–H and O–H groups in total. The number of carbonyl (C=O) groups excluding carboxylic acids is 1. The van der Waals surface area contributed by atoms with Gasteiger partial charge in [0.25, 0.3) is 5.56 Å². The maximum absolute atomic E-state index is 13.1. The molecule has 0 radical (unpaired) electrons. The van der Waals surface area contributed by atoms with Crippen molar-refractivity contribution in [2.45, 2.75) is 32.4 Å². The number of H-pyrrole nitrogens is 1. The summed E-state index contributed by atoms with van der Waals surface area (Å²) in [6.45, 7) is 3.93. The molecule has 3 aromatic heterocycles. The molecule has 0 aromatic carbocycles. The number of aromatic amines is 1. The van der Waals surface area contributed by atoms with Gasteiger partial charge in [-0.1, -0.05) is 5.16 Å². The van der Waals surface area contributed by atoms with Crippen LogP contribution in [0.1, 0.15) is 26.5 Å². The Morgan fingerprint density at radius 3 is 2.50 bits per heavy atom. The van der Waals surface area contributed by atoms with E-state index in [-0.39, 0.29) is 28.6 Å². The first kappa shape index (κ1) is 22.8. The maximum Gasteiger partial charge on any atom is 0.401 e. The maximum atomic E-state index is 13.1. The predicted molar refractivity (Wildman–Crippen MR) is 107 cm³/mol. The fourth-order valence-corrected chi connectivity index (χ4v) is 2.44. The number of nitrogens with one attached hydrogen (secondary N) is 3. The molecule has 0 saturated carbocycles. The number of nitrogens with zero attached hydrogens (tertiary/aromatic N) is 3. The normalized spacial score (nSPS) is 11.8. The molecule has 170 valence electrons. The fourth-order valence-electron chi connectivity index (χ4n) is 2.44. The summed E-state index contributed by atoms with van der Waals surface area (Å²) in [6, 6.07) is 1.70. The average molecular weight is 452 g/mol. The second-order valence-corrected chi connectivity index (χ2v) is 7.09. The van der Waals surface area contributed by atoms with Crippen LogP contribution in [0.5, 0.6) is 5.75 Å². The lowest BCUT2D eigenvalue weighted by atomic mass is 9.89. The molecule has 2 amide bonds. The quantitative estimate of drug-likeness (QED) is 0.519. The van der Waals surface area contributed by atoms with E-state index in [4.69, 9.17) is 9.26 Å². The lowest BCUT2D eigenvalue weighted by molar-refractivity contribution is -0.185. The highest BCUT2D eigenvalue weighted by Gasteiger charge is 2.51. The zero-order valence-electron chi connectivity index (χ0n) is 17.2. The Morgan fingerprint density at radius 1 is 1.19 bits per heavy atom. The smallest absolute Gasteiger partial charge is 0.401 e. The minimum absolute atomic E-state index is 0.121. The molecule has 13 heteroatoms. The Labute approximate surface area is 179 Å². The van der Waals surface area contributed by atoms with Gasteiger partial charge in [0.2, 0.25) is 0 Å². The van der Waals surface area contributed by atoms with Crippen molar-refractivity contribution in [1.29, 1.82) is 0 Å². The monoisotopic (exact) mass is 452 g/mol. The number of alkyl halides is 3. The van der Waals surface area contributed by atoms with Gasteiger partial charge in [-0.3, -0.25) is 10.1 Å². The molecular weight excluding hydrogens is 433 g/mol. The van der Waals surface area contributed by atoms with Crippen molar-refractivity contribution in [3.05, 3.63) is 46.8 Å². The summed E-state index contributed by atoms with van der Waals surface area (Å²) in [5, 5.41) is 8.14. The fraction of sp³-hybridized carbons (Fsp3) is 0.316. The van der Waals surface area contributed by atoms with E-state index >= 15 is 0 Å². The molecule has 0 bridgehead atoms. The molecule has 0 spiro atoms. The van der Waals surface area contributed by atoms with E-state index < -0.39 is 23.4 Å². The van der Waals surface area contributed by atoms with Crippen molar-refractivity contribution in [2.24, 2.45) is 0 Å². The summed E-state index contributed by atoms with van der Waals surface area (Å²) in [5.41, 5.74) is -1.96. The molecule has 0 saturated heterocycles. The van der Waals surface area contributed by atoms with Crippen LogP contribution in [-0.4, -0.2) is 38.9 Å². The third-order valence-corrected chi connectivity index (χ3v) is 4.41. The Balaban J connectivity index is 1.66. The highest BCUT2D eigenvalue weighted by Crippen LogP contribution is 2.41. The number of hydrogen-bond acceptors (Lipinski definition) is 7. The lowest BCUT2D eigenvalue weighted by Gasteiger charge is -2.24. The van der Waals surface area contributed by atoms with Crippen LogP contribution in [0.2, 0.25) is 0 Å². The van der Waals surface area contributed by atoms with E-state index in [1.54, 1.807) is 6.92 Å². The molecule has 0 aliphatic heterocycles. The van der Waals surface area contributed by atoms with E-state index in [1.165, 1.54) is 24.7 Å². The van der Waals surface area contributed by atoms with Gasteiger partial charge in [-0.15, -0.1) is 0 Å². The van der Waals surface area contributed by atoms with Gasteiger partial charge in [0.1, 0.15) is 5.41 Å². The van der Waals surface area contributed by atoms with Crippen molar-refractivity contribution in [2.75, 3.05) is 17.2 Å². The van der Waals surface area contributed by atoms with E-state index in [0.29, 0.717) is 12.2 Å². The number of amides is 2. The van der Waals surface area contributed by atoms with Crippen LogP contribution in [0, 0.1) is 0 Å². The second kappa shape index (κ2) is 8.69. The number of ether oxygens (including phenoxy) is 1. The summed E-state index contributed by atoms with van der Waals surface area (Å²) in [4.78, 5) is 34.5. The third-order valence-electron chi connectivity index (χ3n) is 4.41. The van der Waals surface area contributed by atoms with Crippen molar-refractivity contribution in [1.82, 2.24) is 20.1 Å². The standard InChI is InChI=1S/C19H19F3N6O4/c1-4-31-12-5-10(7-25-16(12)29)15-23-8-11(9-24-15)26-17(30)27-14-6-13(32-28-14)18(2,3)19(20,21)22/h5-9H,4H2,1-3H3,(H,25,29)(H2,26,27,28,30). The summed E-state index contributed by atoms with van der Waals surface area (Å²) in [7, 11) is 0. The van der Waals surface area contributed by atoms with Crippen molar-refractivity contribution in [3.8, 4) is 17.1 Å². The Morgan fingerprint density at radius 2 is 1.88 bits per heavy atom. The van der Waals surface area contributed by atoms with Crippen molar-refractivity contribution in [3.63, 3.8) is 0 Å². The molecule has 10 nitrogen and oxygen atoms in total. The summed E-state index contributed by atoms with van der Waals surface area (Å²) < 4.78 is 49.2. The second-order valence-electron chi connectivity index (χ2n) is 7.09. The summed E-state index contributed by atoms with van der Waals surface area (Å²) in [5.74, 6) is -0.246. The molecule has 3 heterocycles. The third kappa shape index (κ3) is 4.87. The largest absolute Gasteiger partial charge is 0.488 e. The molecule has 3 rings (SSSR count). The number of rotatable bonds is 6. The van der Waals surface area contributed by atoms with E-state index in [9.17, 15) is 22.8 Å². The Bertz CT molecular complexity index is 1150. The summed E-state index contributed by atoms with van der Waals surface area (Å²) >= 11 is 0. The Kier molecular flexibility index (Phi) is 6.18. The van der Waals surface area contributed by atoms with Crippen LogP contribution in [0.25, 0.3) is 11.4 Å².